The lowest BCUT2D eigenvalue weighted by atomic mass is 10.0. The number of unbranched alkanes of at least 4 members (excludes halogenated alkanes) is 28. The third kappa shape index (κ3) is 55.5. The number of rotatable bonds is 53. The second-order valence-corrected chi connectivity index (χ2v) is 19.5. The third-order valence-electron chi connectivity index (χ3n) is 12.6. The fraction of sp³-hybridized carbons (Fsp3) is 0.734. The van der Waals surface area contributed by atoms with E-state index in [-0.39, 0.29) is 31.1 Å². The molecule has 0 aliphatic rings. The summed E-state index contributed by atoms with van der Waals surface area (Å²) in [6.45, 7) is 6.44. The fourth-order valence-electron chi connectivity index (χ4n) is 8.21. The molecule has 402 valence electrons. The predicted octanol–water partition coefficient (Wildman–Crippen LogP) is 19.9. The Kier molecular flexibility index (Phi) is 55.3. The van der Waals surface area contributed by atoms with Crippen LogP contribution in [0.3, 0.4) is 0 Å². The largest absolute Gasteiger partial charge is 0.462 e. The molecule has 0 radical (unpaired) electrons. The molecule has 0 saturated carbocycles. The third-order valence-corrected chi connectivity index (χ3v) is 12.6. The van der Waals surface area contributed by atoms with Crippen molar-refractivity contribution in [2.24, 2.45) is 0 Å². The maximum Gasteiger partial charge on any atom is 0.306 e. The Morgan fingerprint density at radius 2 is 0.557 bits per heavy atom. The number of carbonyl (C=O) groups is 3. The van der Waals surface area contributed by atoms with Gasteiger partial charge < -0.3 is 14.2 Å². The van der Waals surface area contributed by atoms with Crippen LogP contribution in [-0.4, -0.2) is 37.2 Å². The van der Waals surface area contributed by atoms with Crippen molar-refractivity contribution in [1.82, 2.24) is 0 Å². The molecule has 0 fully saturated rings. The van der Waals surface area contributed by atoms with Gasteiger partial charge in [0.1, 0.15) is 13.2 Å². The van der Waals surface area contributed by atoms with Gasteiger partial charge in [0, 0.05) is 19.3 Å². The molecule has 0 bridgehead atoms. The molecule has 1 unspecified atom stereocenters. The lowest BCUT2D eigenvalue weighted by Gasteiger charge is -2.18. The molecule has 0 saturated heterocycles. The van der Waals surface area contributed by atoms with Gasteiger partial charge in [-0.15, -0.1) is 0 Å². The van der Waals surface area contributed by atoms with E-state index >= 15 is 0 Å². The predicted molar refractivity (Wildman–Crippen MR) is 302 cm³/mol. The van der Waals surface area contributed by atoms with E-state index in [2.05, 4.69) is 106 Å². The average Bonchev–Trinajstić information content (AvgIpc) is 3.36. The molecular weight excluding hydrogens is 865 g/mol. The van der Waals surface area contributed by atoms with Crippen LogP contribution < -0.4 is 0 Å². The van der Waals surface area contributed by atoms with Crippen LogP contribution in [0.2, 0.25) is 0 Å². The molecule has 0 aromatic heterocycles. The summed E-state index contributed by atoms with van der Waals surface area (Å²) < 4.78 is 16.7. The van der Waals surface area contributed by atoms with Gasteiger partial charge in [-0.1, -0.05) is 254 Å². The first-order chi connectivity index (χ1) is 34.5. The second-order valence-electron chi connectivity index (χ2n) is 19.5. The van der Waals surface area contributed by atoms with Crippen LogP contribution in [0.4, 0.5) is 0 Å². The Bertz CT molecular complexity index is 1350. The van der Waals surface area contributed by atoms with Crippen molar-refractivity contribution in [3.8, 4) is 0 Å². The highest BCUT2D eigenvalue weighted by molar-refractivity contribution is 5.71. The molecule has 0 aromatic rings. The van der Waals surface area contributed by atoms with E-state index in [0.29, 0.717) is 19.3 Å². The van der Waals surface area contributed by atoms with Crippen LogP contribution in [-0.2, 0) is 28.6 Å². The molecule has 1 atom stereocenters. The zero-order chi connectivity index (χ0) is 50.7. The minimum Gasteiger partial charge on any atom is -0.462 e. The van der Waals surface area contributed by atoms with E-state index in [0.717, 1.165) is 109 Å². The number of esters is 3. The first kappa shape index (κ1) is 66.6. The number of hydrogen-bond acceptors (Lipinski definition) is 6. The summed E-state index contributed by atoms with van der Waals surface area (Å²) in [5.41, 5.74) is 0. The molecule has 6 nitrogen and oxygen atoms in total. The Balaban J connectivity index is 4.09. The highest BCUT2D eigenvalue weighted by Gasteiger charge is 2.19. The van der Waals surface area contributed by atoms with E-state index in [9.17, 15) is 14.4 Å². The van der Waals surface area contributed by atoms with Gasteiger partial charge in [0.2, 0.25) is 0 Å². The first-order valence-corrected chi connectivity index (χ1v) is 29.6. The Labute approximate surface area is 433 Å². The van der Waals surface area contributed by atoms with Gasteiger partial charge in [-0.05, 0) is 96.3 Å². The van der Waals surface area contributed by atoms with Crippen LogP contribution >= 0.6 is 0 Å². The molecule has 0 aliphatic carbocycles. The van der Waals surface area contributed by atoms with Gasteiger partial charge in [0.05, 0.1) is 0 Å². The van der Waals surface area contributed by atoms with Crippen molar-refractivity contribution in [3.05, 3.63) is 85.1 Å². The van der Waals surface area contributed by atoms with Gasteiger partial charge in [0.15, 0.2) is 6.10 Å². The maximum absolute atomic E-state index is 12.8. The second kappa shape index (κ2) is 58.2. The lowest BCUT2D eigenvalue weighted by Crippen LogP contribution is -2.30. The summed E-state index contributed by atoms with van der Waals surface area (Å²) in [6, 6.07) is 0. The summed E-state index contributed by atoms with van der Waals surface area (Å²) in [7, 11) is 0. The lowest BCUT2D eigenvalue weighted by molar-refractivity contribution is -0.167. The number of hydrogen-bond donors (Lipinski definition) is 0. The summed E-state index contributed by atoms with van der Waals surface area (Å²) >= 11 is 0. The molecule has 0 aromatic carbocycles. The van der Waals surface area contributed by atoms with Gasteiger partial charge in [-0.3, -0.25) is 14.4 Å². The molecule has 0 N–H and O–H groups in total. The molecule has 0 spiro atoms. The molecule has 0 heterocycles. The van der Waals surface area contributed by atoms with E-state index in [1.807, 2.05) is 0 Å². The quantitative estimate of drug-likeness (QED) is 0.0261. The van der Waals surface area contributed by atoms with E-state index in [1.54, 1.807) is 0 Å². The van der Waals surface area contributed by atoms with E-state index in [1.165, 1.54) is 135 Å². The normalized spacial score (nSPS) is 12.7. The summed E-state index contributed by atoms with van der Waals surface area (Å²) in [5.74, 6) is -0.915. The topological polar surface area (TPSA) is 78.9 Å². The van der Waals surface area contributed by atoms with Crippen LogP contribution in [0.25, 0.3) is 0 Å². The van der Waals surface area contributed by atoms with Crippen LogP contribution in [0.1, 0.15) is 284 Å². The van der Waals surface area contributed by atoms with Crippen LogP contribution in [0.5, 0.6) is 0 Å². The van der Waals surface area contributed by atoms with Crippen molar-refractivity contribution < 1.29 is 28.6 Å². The average molecular weight is 976 g/mol. The highest BCUT2D eigenvalue weighted by atomic mass is 16.6. The van der Waals surface area contributed by atoms with Crippen molar-refractivity contribution >= 4 is 17.9 Å². The maximum atomic E-state index is 12.8. The minimum atomic E-state index is -0.786. The number of allylic oxidation sites excluding steroid dienone is 14. The fourth-order valence-corrected chi connectivity index (χ4v) is 8.21. The Morgan fingerprint density at radius 1 is 0.300 bits per heavy atom. The monoisotopic (exact) mass is 975 g/mol. The molecule has 0 amide bonds. The molecule has 6 heteroatoms. The van der Waals surface area contributed by atoms with Gasteiger partial charge in [0.25, 0.3) is 0 Å². The van der Waals surface area contributed by atoms with Gasteiger partial charge in [-0.2, -0.15) is 0 Å². The minimum absolute atomic E-state index is 0.0857. The molecular formula is C64H110O6. The van der Waals surface area contributed by atoms with E-state index in [4.69, 9.17) is 14.2 Å². The SMILES string of the molecule is CC/C=C\C/C=C\C/C=C\C/C=C\CCCCCCC(=O)OC(COC(=O)CCCCCCCC)COC(=O)CCCCCCCCCCCCCCCC/C=C\C/C=C\C/C=C\CCCCCCC. The Hall–Kier alpha value is -3.41. The number of ether oxygens (including phenoxy) is 3. The number of carbonyl (C=O) groups excluding carboxylic acids is 3. The van der Waals surface area contributed by atoms with Gasteiger partial charge in [-0.25, -0.2) is 0 Å². The smallest absolute Gasteiger partial charge is 0.306 e. The zero-order valence-corrected chi connectivity index (χ0v) is 46.0. The van der Waals surface area contributed by atoms with Crippen molar-refractivity contribution in [1.29, 1.82) is 0 Å². The Morgan fingerprint density at radius 3 is 0.871 bits per heavy atom. The van der Waals surface area contributed by atoms with Crippen molar-refractivity contribution in [2.75, 3.05) is 13.2 Å². The standard InChI is InChI=1S/C64H110O6/c1-4-7-10-13-16-18-20-22-24-26-27-28-29-30-31-32-33-34-35-36-37-39-40-42-44-46-48-51-54-57-63(66)69-60-61(59-68-62(65)56-53-50-15-12-9-6-3)70-64(67)58-55-52-49-47-45-43-41-38-25-23-21-19-17-14-11-8-5-2/h8,11,17,19-20,22-23,25-27,29-30,41,43,61H,4-7,9-10,12-16,18,21,24,28,31-40,42,44-60H2,1-3H3/b11-8-,19-17-,22-20-,25-23-,27-26-,30-29-,43-41-. The van der Waals surface area contributed by atoms with E-state index < -0.39 is 6.10 Å². The molecule has 0 rings (SSSR count). The zero-order valence-electron chi connectivity index (χ0n) is 46.0. The summed E-state index contributed by atoms with van der Waals surface area (Å²) in [4.78, 5) is 37.9. The van der Waals surface area contributed by atoms with Crippen LogP contribution in [0, 0.1) is 0 Å². The highest BCUT2D eigenvalue weighted by Crippen LogP contribution is 2.16. The van der Waals surface area contributed by atoms with Crippen molar-refractivity contribution in [3.63, 3.8) is 0 Å². The first-order valence-electron chi connectivity index (χ1n) is 29.6. The van der Waals surface area contributed by atoms with Crippen molar-refractivity contribution in [2.45, 2.75) is 290 Å². The van der Waals surface area contributed by atoms with Crippen LogP contribution in [0.15, 0.2) is 85.1 Å². The summed E-state index contributed by atoms with van der Waals surface area (Å²) in [5, 5.41) is 0. The van der Waals surface area contributed by atoms with Gasteiger partial charge >= 0.3 is 17.9 Å². The molecule has 70 heavy (non-hydrogen) atoms. The summed E-state index contributed by atoms with van der Waals surface area (Å²) in [6.07, 6.45) is 76.2. The molecule has 0 aliphatic heterocycles.